The first-order valence-corrected chi connectivity index (χ1v) is 5.16. The summed E-state index contributed by atoms with van der Waals surface area (Å²) >= 11 is 0. The van der Waals surface area contributed by atoms with Crippen LogP contribution in [0.4, 0.5) is 0 Å². The SMILES string of the molecule is CC1(C)CCN(C2CCCN2)C1=O. The lowest BCUT2D eigenvalue weighted by molar-refractivity contribution is -0.136. The summed E-state index contributed by atoms with van der Waals surface area (Å²) in [5.74, 6) is 0.326. The molecule has 3 heteroatoms. The van der Waals surface area contributed by atoms with Crippen molar-refractivity contribution in [3.63, 3.8) is 0 Å². The second-order valence-electron chi connectivity index (χ2n) is 4.74. The molecule has 0 aliphatic carbocycles. The fourth-order valence-corrected chi connectivity index (χ4v) is 2.23. The lowest BCUT2D eigenvalue weighted by atomic mass is 9.92. The van der Waals surface area contributed by atoms with E-state index in [0.717, 1.165) is 25.9 Å². The van der Waals surface area contributed by atoms with E-state index in [9.17, 15) is 4.79 Å². The summed E-state index contributed by atoms with van der Waals surface area (Å²) in [5.41, 5.74) is -0.121. The van der Waals surface area contributed by atoms with Crippen molar-refractivity contribution in [1.82, 2.24) is 10.2 Å². The Morgan fingerprint density at radius 2 is 2.31 bits per heavy atom. The van der Waals surface area contributed by atoms with E-state index in [-0.39, 0.29) is 5.41 Å². The molecule has 2 aliphatic rings. The number of hydrogen-bond acceptors (Lipinski definition) is 2. The molecule has 0 bridgehead atoms. The molecule has 0 radical (unpaired) electrons. The maximum Gasteiger partial charge on any atom is 0.229 e. The number of amides is 1. The van der Waals surface area contributed by atoms with Gasteiger partial charge in [0.1, 0.15) is 0 Å². The molecule has 2 fully saturated rings. The van der Waals surface area contributed by atoms with Crippen molar-refractivity contribution in [2.75, 3.05) is 13.1 Å². The molecule has 1 atom stereocenters. The zero-order valence-electron chi connectivity index (χ0n) is 8.47. The van der Waals surface area contributed by atoms with E-state index >= 15 is 0 Å². The molecule has 0 aromatic heterocycles. The van der Waals surface area contributed by atoms with Crippen LogP contribution in [0.3, 0.4) is 0 Å². The summed E-state index contributed by atoms with van der Waals surface area (Å²) in [7, 11) is 0. The number of rotatable bonds is 1. The van der Waals surface area contributed by atoms with Gasteiger partial charge in [0, 0.05) is 12.0 Å². The number of nitrogens with one attached hydrogen (secondary N) is 1. The Balaban J connectivity index is 2.06. The van der Waals surface area contributed by atoms with E-state index in [2.05, 4.69) is 5.32 Å². The summed E-state index contributed by atoms with van der Waals surface area (Å²) < 4.78 is 0. The van der Waals surface area contributed by atoms with Crippen molar-refractivity contribution >= 4 is 5.91 Å². The molecule has 2 aliphatic heterocycles. The standard InChI is InChI=1S/C10H18N2O/c1-10(2)5-7-12(9(10)13)8-4-3-6-11-8/h8,11H,3-7H2,1-2H3. The number of carbonyl (C=O) groups is 1. The van der Waals surface area contributed by atoms with Crippen LogP contribution in [0.25, 0.3) is 0 Å². The maximum absolute atomic E-state index is 11.9. The average Bonchev–Trinajstić information content (AvgIpc) is 2.63. The van der Waals surface area contributed by atoms with Crippen LogP contribution in [0.2, 0.25) is 0 Å². The molecule has 74 valence electrons. The van der Waals surface area contributed by atoms with Crippen LogP contribution in [0.15, 0.2) is 0 Å². The Labute approximate surface area is 79.5 Å². The molecule has 1 amide bonds. The van der Waals surface area contributed by atoms with Crippen LogP contribution in [0.1, 0.15) is 33.1 Å². The van der Waals surface area contributed by atoms with Gasteiger partial charge in [-0.3, -0.25) is 10.1 Å². The molecule has 0 saturated carbocycles. The summed E-state index contributed by atoms with van der Waals surface area (Å²) in [5, 5.41) is 3.37. The maximum atomic E-state index is 11.9. The topological polar surface area (TPSA) is 32.3 Å². The largest absolute Gasteiger partial charge is 0.327 e. The van der Waals surface area contributed by atoms with Gasteiger partial charge in [0.15, 0.2) is 0 Å². The third-order valence-electron chi connectivity index (χ3n) is 3.23. The number of carbonyl (C=O) groups excluding carboxylic acids is 1. The molecule has 0 spiro atoms. The monoisotopic (exact) mass is 182 g/mol. The number of hydrogen-bond donors (Lipinski definition) is 1. The van der Waals surface area contributed by atoms with Crippen LogP contribution in [-0.2, 0) is 4.79 Å². The average molecular weight is 182 g/mol. The van der Waals surface area contributed by atoms with Gasteiger partial charge in [0.25, 0.3) is 0 Å². The second-order valence-corrected chi connectivity index (χ2v) is 4.74. The normalized spacial score (nSPS) is 32.9. The highest BCUT2D eigenvalue weighted by Gasteiger charge is 2.41. The highest BCUT2D eigenvalue weighted by atomic mass is 16.2. The molecule has 13 heavy (non-hydrogen) atoms. The fourth-order valence-electron chi connectivity index (χ4n) is 2.23. The summed E-state index contributed by atoms with van der Waals surface area (Å²) in [6.07, 6.45) is 3.66. The van der Waals surface area contributed by atoms with Gasteiger partial charge in [-0.15, -0.1) is 0 Å². The third-order valence-corrected chi connectivity index (χ3v) is 3.23. The Bertz CT molecular complexity index is 219. The number of likely N-dealkylation sites (tertiary alicyclic amines) is 1. The molecule has 0 aromatic rings. The van der Waals surface area contributed by atoms with Gasteiger partial charge in [0.05, 0.1) is 6.17 Å². The molecule has 1 unspecified atom stereocenters. The van der Waals surface area contributed by atoms with Gasteiger partial charge >= 0.3 is 0 Å². The van der Waals surface area contributed by atoms with Crippen molar-refractivity contribution in [3.05, 3.63) is 0 Å². The first kappa shape index (κ1) is 9.00. The summed E-state index contributed by atoms with van der Waals surface area (Å²) in [6, 6.07) is 0. The molecule has 2 saturated heterocycles. The van der Waals surface area contributed by atoms with Crippen molar-refractivity contribution in [1.29, 1.82) is 0 Å². The van der Waals surface area contributed by atoms with Gasteiger partial charge in [-0.1, -0.05) is 13.8 Å². The molecular formula is C10H18N2O. The van der Waals surface area contributed by atoms with Gasteiger partial charge in [0.2, 0.25) is 5.91 Å². The van der Waals surface area contributed by atoms with Crippen molar-refractivity contribution in [3.8, 4) is 0 Å². The predicted molar refractivity (Wildman–Crippen MR) is 51.1 cm³/mol. The van der Waals surface area contributed by atoms with Gasteiger partial charge in [-0.2, -0.15) is 0 Å². The minimum Gasteiger partial charge on any atom is -0.327 e. The molecule has 2 heterocycles. The molecule has 1 N–H and O–H groups in total. The molecular weight excluding hydrogens is 164 g/mol. The van der Waals surface area contributed by atoms with Crippen LogP contribution < -0.4 is 5.32 Å². The lowest BCUT2D eigenvalue weighted by Crippen LogP contribution is -2.44. The summed E-state index contributed by atoms with van der Waals surface area (Å²) in [4.78, 5) is 13.9. The second kappa shape index (κ2) is 2.98. The molecule has 3 nitrogen and oxygen atoms in total. The highest BCUT2D eigenvalue weighted by Crippen LogP contribution is 2.32. The van der Waals surface area contributed by atoms with E-state index in [1.807, 2.05) is 18.7 Å². The van der Waals surface area contributed by atoms with Crippen molar-refractivity contribution in [2.45, 2.75) is 39.3 Å². The molecule has 0 aromatic carbocycles. The Morgan fingerprint density at radius 1 is 1.54 bits per heavy atom. The Kier molecular flexibility index (Phi) is 2.06. The minimum atomic E-state index is -0.121. The predicted octanol–water partition coefficient (Wildman–Crippen LogP) is 0.954. The van der Waals surface area contributed by atoms with Gasteiger partial charge < -0.3 is 4.90 Å². The first-order valence-electron chi connectivity index (χ1n) is 5.16. The van der Waals surface area contributed by atoms with Gasteiger partial charge in [-0.25, -0.2) is 0 Å². The van der Waals surface area contributed by atoms with Crippen molar-refractivity contribution in [2.24, 2.45) is 5.41 Å². The van der Waals surface area contributed by atoms with E-state index in [1.165, 1.54) is 6.42 Å². The smallest absolute Gasteiger partial charge is 0.229 e. The van der Waals surface area contributed by atoms with Crippen LogP contribution in [-0.4, -0.2) is 30.1 Å². The third kappa shape index (κ3) is 1.46. The highest BCUT2D eigenvalue weighted by molar-refractivity contribution is 5.84. The summed E-state index contributed by atoms with van der Waals surface area (Å²) in [6.45, 7) is 6.09. The fraction of sp³-hybridized carbons (Fsp3) is 0.900. The lowest BCUT2D eigenvalue weighted by Gasteiger charge is -2.25. The van der Waals surface area contributed by atoms with E-state index in [1.54, 1.807) is 0 Å². The van der Waals surface area contributed by atoms with E-state index < -0.39 is 0 Å². The van der Waals surface area contributed by atoms with Crippen LogP contribution in [0, 0.1) is 5.41 Å². The van der Waals surface area contributed by atoms with Crippen LogP contribution >= 0.6 is 0 Å². The Morgan fingerprint density at radius 3 is 2.77 bits per heavy atom. The minimum absolute atomic E-state index is 0.121. The molecule has 2 rings (SSSR count). The van der Waals surface area contributed by atoms with Gasteiger partial charge in [-0.05, 0) is 25.8 Å². The quantitative estimate of drug-likeness (QED) is 0.655. The van der Waals surface area contributed by atoms with E-state index in [4.69, 9.17) is 0 Å². The zero-order valence-corrected chi connectivity index (χ0v) is 8.47. The Hall–Kier alpha value is -0.570. The first-order chi connectivity index (χ1) is 6.11. The number of nitrogens with zero attached hydrogens (tertiary/aromatic N) is 1. The van der Waals surface area contributed by atoms with E-state index in [0.29, 0.717) is 12.1 Å². The van der Waals surface area contributed by atoms with Crippen molar-refractivity contribution < 1.29 is 4.79 Å². The van der Waals surface area contributed by atoms with Crippen LogP contribution in [0.5, 0.6) is 0 Å². The zero-order chi connectivity index (χ0) is 9.47.